The summed E-state index contributed by atoms with van der Waals surface area (Å²) in [6, 6.07) is 5.87. The third kappa shape index (κ3) is 5.36. The summed E-state index contributed by atoms with van der Waals surface area (Å²) >= 11 is 7.80. The summed E-state index contributed by atoms with van der Waals surface area (Å²) in [5.41, 5.74) is 6.03. The Bertz CT molecular complexity index is 2050. The smallest absolute Gasteiger partial charge is 0.319 e. The number of fused-ring (bicyclic) bond motifs is 3. The Kier molecular flexibility index (Phi) is 8.63. The van der Waals surface area contributed by atoms with Crippen molar-refractivity contribution in [3.05, 3.63) is 53.1 Å². The number of nitrogens with two attached hydrogens (primary N) is 1. The summed E-state index contributed by atoms with van der Waals surface area (Å²) in [7, 11) is 3.57. The van der Waals surface area contributed by atoms with Crippen molar-refractivity contribution in [2.45, 2.75) is 56.3 Å². The normalized spacial score (nSPS) is 23.7. The van der Waals surface area contributed by atoms with Gasteiger partial charge in [0.15, 0.2) is 5.82 Å². The van der Waals surface area contributed by atoms with E-state index in [0.717, 1.165) is 43.7 Å². The molecule has 10 nitrogen and oxygen atoms in total. The number of nitriles is 1. The maximum Gasteiger partial charge on any atom is 0.319 e. The molecule has 0 spiro atoms. The van der Waals surface area contributed by atoms with Gasteiger partial charge in [-0.15, -0.1) is 11.3 Å². The number of thiophene rings is 1. The maximum absolute atomic E-state index is 17.1. The van der Waals surface area contributed by atoms with Gasteiger partial charge >= 0.3 is 6.01 Å². The van der Waals surface area contributed by atoms with Gasteiger partial charge in [-0.3, -0.25) is 9.69 Å². The standard InChI is InChI=1S/C35H36ClF2N7O3S/c1-5-26(46)45-12-9-25(18(45)2)43(3)33-21-13-23(36)28(20-7-8-24(37)31-27(20)22(15-39)32(40)49-31)29(38)30(21)41-34(42-33)48-17-35-10-6-11-44(35)16-19(14-35)47-4/h5,7-8,13,18-19,25H,1,6,9-12,14,16-17,40H2,2-4H3. The van der Waals surface area contributed by atoms with Gasteiger partial charge in [0.05, 0.1) is 33.0 Å². The Labute approximate surface area is 291 Å². The Morgan fingerprint density at radius 3 is 2.88 bits per heavy atom. The molecule has 0 aliphatic carbocycles. The number of ether oxygens (including phenoxy) is 2. The van der Waals surface area contributed by atoms with E-state index >= 15 is 4.39 Å². The first-order chi connectivity index (χ1) is 23.5. The van der Waals surface area contributed by atoms with Crippen LogP contribution < -0.4 is 15.4 Å². The number of hydrogen-bond donors (Lipinski definition) is 1. The van der Waals surface area contributed by atoms with Crippen LogP contribution in [0.1, 0.15) is 38.2 Å². The van der Waals surface area contributed by atoms with Gasteiger partial charge < -0.3 is 25.0 Å². The Morgan fingerprint density at radius 1 is 1.35 bits per heavy atom. The minimum Gasteiger partial charge on any atom is -0.461 e. The molecule has 3 aliphatic rings. The van der Waals surface area contributed by atoms with E-state index in [-0.39, 0.29) is 78.0 Å². The number of amides is 1. The molecule has 2 N–H and O–H groups in total. The van der Waals surface area contributed by atoms with Crippen molar-refractivity contribution in [2.75, 3.05) is 51.0 Å². The number of carbonyl (C=O) groups excluding carboxylic acids is 1. The van der Waals surface area contributed by atoms with E-state index < -0.39 is 11.6 Å². The van der Waals surface area contributed by atoms with Crippen LogP contribution in [0.3, 0.4) is 0 Å². The van der Waals surface area contributed by atoms with Gasteiger partial charge in [-0.05, 0) is 62.9 Å². The molecule has 5 heterocycles. The average molecular weight is 708 g/mol. The van der Waals surface area contributed by atoms with E-state index in [4.69, 9.17) is 31.8 Å². The molecule has 4 atom stereocenters. The molecule has 256 valence electrons. The molecule has 7 rings (SSSR count). The second kappa shape index (κ2) is 12.7. The van der Waals surface area contributed by atoms with Gasteiger partial charge in [0.25, 0.3) is 0 Å². The quantitative estimate of drug-likeness (QED) is 0.215. The molecule has 0 bridgehead atoms. The summed E-state index contributed by atoms with van der Waals surface area (Å²) in [6.45, 7) is 8.17. The average Bonchev–Trinajstić information content (AvgIpc) is 3.84. The fourth-order valence-corrected chi connectivity index (χ4v) is 9.34. The number of anilines is 2. The van der Waals surface area contributed by atoms with Crippen molar-refractivity contribution in [3.8, 4) is 23.2 Å². The first-order valence-electron chi connectivity index (χ1n) is 16.2. The highest BCUT2D eigenvalue weighted by atomic mass is 35.5. The molecular weight excluding hydrogens is 672 g/mol. The molecule has 14 heteroatoms. The van der Waals surface area contributed by atoms with Gasteiger partial charge in [-0.25, -0.2) is 8.78 Å². The summed E-state index contributed by atoms with van der Waals surface area (Å²) in [4.78, 5) is 28.1. The maximum atomic E-state index is 17.1. The van der Waals surface area contributed by atoms with Crippen LogP contribution in [0.4, 0.5) is 19.6 Å². The van der Waals surface area contributed by atoms with Gasteiger partial charge in [0, 0.05) is 49.6 Å². The van der Waals surface area contributed by atoms with E-state index in [1.807, 2.05) is 24.9 Å². The molecule has 2 aromatic heterocycles. The highest BCUT2D eigenvalue weighted by Crippen LogP contribution is 2.46. The van der Waals surface area contributed by atoms with E-state index in [2.05, 4.69) is 16.5 Å². The highest BCUT2D eigenvalue weighted by molar-refractivity contribution is 7.23. The molecule has 2 aromatic carbocycles. The van der Waals surface area contributed by atoms with Crippen LogP contribution in [0.15, 0.2) is 30.9 Å². The van der Waals surface area contributed by atoms with Crippen LogP contribution in [0.2, 0.25) is 5.02 Å². The van der Waals surface area contributed by atoms with Gasteiger partial charge in [0.1, 0.15) is 34.8 Å². The molecule has 3 aliphatic heterocycles. The van der Waals surface area contributed by atoms with Crippen LogP contribution in [0.5, 0.6) is 6.01 Å². The lowest BCUT2D eigenvalue weighted by atomic mass is 9.94. The number of aromatic nitrogens is 2. The van der Waals surface area contributed by atoms with Crippen LogP contribution in [-0.4, -0.2) is 89.8 Å². The molecular formula is C35H36ClF2N7O3S. The second-order valence-electron chi connectivity index (χ2n) is 13.1. The number of carbonyl (C=O) groups is 1. The largest absolute Gasteiger partial charge is 0.461 e. The number of halogens is 3. The third-order valence-corrected chi connectivity index (χ3v) is 11.9. The van der Waals surface area contributed by atoms with Gasteiger partial charge in [0.2, 0.25) is 5.91 Å². The number of methoxy groups -OCH3 is 1. The second-order valence-corrected chi connectivity index (χ2v) is 14.6. The minimum atomic E-state index is -0.769. The van der Waals surface area contributed by atoms with Crippen molar-refractivity contribution in [1.82, 2.24) is 19.8 Å². The summed E-state index contributed by atoms with van der Waals surface area (Å²) in [5.74, 6) is -1.12. The Morgan fingerprint density at radius 2 is 2.14 bits per heavy atom. The minimum absolute atomic E-state index is 0.00460. The van der Waals surface area contributed by atoms with E-state index in [1.165, 1.54) is 18.2 Å². The first kappa shape index (κ1) is 33.4. The molecule has 0 saturated carbocycles. The SMILES string of the molecule is C=CC(=O)N1CCC(N(C)c2nc(OCC34CCCN3CC(OC)C4)nc3c(F)c(-c4ccc(F)c5sc(N)c(C#N)c45)c(Cl)cc23)C1C. The lowest BCUT2D eigenvalue weighted by molar-refractivity contribution is -0.126. The van der Waals surface area contributed by atoms with Gasteiger partial charge in [-0.2, -0.15) is 15.2 Å². The van der Waals surface area contributed by atoms with Crippen molar-refractivity contribution >= 4 is 60.7 Å². The molecule has 3 saturated heterocycles. The lowest BCUT2D eigenvalue weighted by Crippen LogP contribution is -2.44. The highest BCUT2D eigenvalue weighted by Gasteiger charge is 2.49. The summed E-state index contributed by atoms with van der Waals surface area (Å²) in [5, 5.41) is 10.6. The fraction of sp³-hybridized carbons (Fsp3) is 0.429. The van der Waals surface area contributed by atoms with Gasteiger partial charge in [-0.1, -0.05) is 24.2 Å². The molecule has 1 amide bonds. The van der Waals surface area contributed by atoms with Crippen LogP contribution in [0.25, 0.3) is 32.1 Å². The summed E-state index contributed by atoms with van der Waals surface area (Å²) in [6.07, 6.45) is 4.80. The predicted molar refractivity (Wildman–Crippen MR) is 187 cm³/mol. The zero-order chi connectivity index (χ0) is 34.8. The van der Waals surface area contributed by atoms with Crippen molar-refractivity contribution in [3.63, 3.8) is 0 Å². The molecule has 0 radical (unpaired) electrons. The Balaban J connectivity index is 1.38. The number of nitrogens with zero attached hydrogens (tertiary/aromatic N) is 6. The number of likely N-dealkylation sites (tertiary alicyclic amines) is 1. The zero-order valence-electron chi connectivity index (χ0n) is 27.4. The number of rotatable bonds is 8. The zero-order valence-corrected chi connectivity index (χ0v) is 29.0. The van der Waals surface area contributed by atoms with E-state index in [0.29, 0.717) is 30.8 Å². The number of hydrogen-bond acceptors (Lipinski definition) is 10. The molecule has 3 fully saturated rings. The first-order valence-corrected chi connectivity index (χ1v) is 17.4. The summed E-state index contributed by atoms with van der Waals surface area (Å²) < 4.78 is 44.2. The van der Waals surface area contributed by atoms with E-state index in [9.17, 15) is 14.4 Å². The van der Waals surface area contributed by atoms with Crippen LogP contribution in [0, 0.1) is 23.0 Å². The molecule has 4 unspecified atom stereocenters. The number of nitrogen functional groups attached to an aromatic ring is 1. The third-order valence-electron chi connectivity index (χ3n) is 10.6. The monoisotopic (exact) mass is 707 g/mol. The predicted octanol–water partition coefficient (Wildman–Crippen LogP) is 6.14. The molecule has 49 heavy (non-hydrogen) atoms. The molecule has 4 aromatic rings. The fourth-order valence-electron chi connectivity index (χ4n) is 8.10. The number of benzene rings is 2. The van der Waals surface area contributed by atoms with Crippen LogP contribution in [-0.2, 0) is 9.53 Å². The van der Waals surface area contributed by atoms with Crippen molar-refractivity contribution in [1.29, 1.82) is 5.26 Å². The van der Waals surface area contributed by atoms with Crippen molar-refractivity contribution in [2.24, 2.45) is 0 Å². The number of likely N-dealkylation sites (N-methyl/N-ethyl adjacent to an activating group) is 1. The van der Waals surface area contributed by atoms with Crippen LogP contribution >= 0.6 is 22.9 Å². The van der Waals surface area contributed by atoms with E-state index in [1.54, 1.807) is 18.1 Å². The lowest BCUT2D eigenvalue weighted by Gasteiger charge is -2.33. The van der Waals surface area contributed by atoms with Crippen molar-refractivity contribution < 1.29 is 23.0 Å². The topological polar surface area (TPSA) is 121 Å². The Hall–Kier alpha value is -4.09.